The number of hydrogen-bond donors (Lipinski definition) is 1. The maximum Gasteiger partial charge on any atom is 0.252 e. The minimum Gasteiger partial charge on any atom is -0.750 e. The van der Waals surface area contributed by atoms with E-state index in [9.17, 15) is 13.6 Å². The molecule has 1 amide bonds. The van der Waals surface area contributed by atoms with Gasteiger partial charge in [-0.25, -0.2) is 4.21 Å². The molecule has 14 heavy (non-hydrogen) atoms. The number of pyridine rings is 1. The molecule has 0 aromatic carbocycles. The van der Waals surface area contributed by atoms with Crippen molar-refractivity contribution in [2.45, 2.75) is 6.10 Å². The summed E-state index contributed by atoms with van der Waals surface area (Å²) in [7, 11) is 0. The Kier molecular flexibility index (Phi) is 3.69. The van der Waals surface area contributed by atoms with E-state index in [0.29, 0.717) is 5.56 Å². The Morgan fingerprint density at radius 3 is 2.57 bits per heavy atom. The van der Waals surface area contributed by atoms with Gasteiger partial charge < -0.3 is 10.3 Å². The van der Waals surface area contributed by atoms with Gasteiger partial charge in [-0.3, -0.25) is 14.0 Å². The Morgan fingerprint density at radius 1 is 1.57 bits per heavy atom. The molecule has 2 atom stereocenters. The van der Waals surface area contributed by atoms with E-state index in [0.717, 1.165) is 0 Å². The number of amides is 1. The molecule has 0 aliphatic rings. The quantitative estimate of drug-likeness (QED) is 0.676. The zero-order valence-electron chi connectivity index (χ0n) is 6.95. The van der Waals surface area contributed by atoms with Crippen molar-refractivity contribution >= 4 is 17.3 Å². The Labute approximate surface area is 82.6 Å². The van der Waals surface area contributed by atoms with Crippen molar-refractivity contribution in [1.29, 1.82) is 0 Å². The van der Waals surface area contributed by atoms with Gasteiger partial charge in [0.25, 0.3) is 5.91 Å². The number of carbonyl (C=O) groups excluding carboxylic acids is 1. The van der Waals surface area contributed by atoms with Gasteiger partial charge in [0.05, 0.1) is 11.4 Å². The Bertz CT molecular complexity index is 343. The number of hydrogen-bond acceptors (Lipinski definition) is 5. The van der Waals surface area contributed by atoms with Crippen LogP contribution in [0.5, 0.6) is 0 Å². The van der Waals surface area contributed by atoms with Crippen molar-refractivity contribution in [3.05, 3.63) is 30.1 Å². The molecule has 2 unspecified atom stereocenters. The lowest BCUT2D eigenvalue weighted by molar-refractivity contribution is -0.124. The highest BCUT2D eigenvalue weighted by Crippen LogP contribution is 2.16. The van der Waals surface area contributed by atoms with Gasteiger partial charge in [-0.2, -0.15) is 0 Å². The Morgan fingerprint density at radius 2 is 2.14 bits per heavy atom. The molecule has 0 radical (unpaired) electrons. The summed E-state index contributed by atoms with van der Waals surface area (Å²) in [4.78, 5) is 14.5. The fourth-order valence-electron chi connectivity index (χ4n) is 0.884. The zero-order chi connectivity index (χ0) is 10.6. The normalized spacial score (nSPS) is 14.6. The summed E-state index contributed by atoms with van der Waals surface area (Å²) in [6, 6.07) is 2.89. The van der Waals surface area contributed by atoms with Crippen molar-refractivity contribution in [3.8, 4) is 0 Å². The van der Waals surface area contributed by atoms with Crippen molar-refractivity contribution < 1.29 is 17.7 Å². The molecule has 0 bridgehead atoms. The first-order chi connectivity index (χ1) is 6.61. The highest BCUT2D eigenvalue weighted by molar-refractivity contribution is 7.74. The molecule has 0 aliphatic heterocycles. The molecule has 1 heterocycles. The smallest absolute Gasteiger partial charge is 0.252 e. The third-order valence-corrected chi connectivity index (χ3v) is 1.79. The number of rotatable bonds is 4. The van der Waals surface area contributed by atoms with E-state index in [1.807, 2.05) is 0 Å². The van der Waals surface area contributed by atoms with Gasteiger partial charge in [-0.1, -0.05) is 0 Å². The van der Waals surface area contributed by atoms with E-state index < -0.39 is 23.4 Å². The van der Waals surface area contributed by atoms with Crippen LogP contribution in [0.2, 0.25) is 0 Å². The lowest BCUT2D eigenvalue weighted by Gasteiger charge is -2.15. The van der Waals surface area contributed by atoms with E-state index in [1.54, 1.807) is 0 Å². The monoisotopic (exact) mass is 215 g/mol. The summed E-state index contributed by atoms with van der Waals surface area (Å²) in [5.41, 5.74) is 5.30. The number of carbonyl (C=O) groups is 1. The van der Waals surface area contributed by atoms with Crippen molar-refractivity contribution in [2.24, 2.45) is 5.73 Å². The van der Waals surface area contributed by atoms with Gasteiger partial charge in [0.1, 0.15) is 0 Å². The molecule has 2 N–H and O–H groups in total. The van der Waals surface area contributed by atoms with Crippen LogP contribution in [-0.4, -0.2) is 19.7 Å². The minimum atomic E-state index is -2.79. The molecule has 0 aliphatic carbocycles. The van der Waals surface area contributed by atoms with Crippen LogP contribution in [0.15, 0.2) is 24.5 Å². The fourth-order valence-corrected chi connectivity index (χ4v) is 1.25. The first-order valence-electron chi connectivity index (χ1n) is 3.57. The molecule has 7 heteroatoms. The molecule has 76 valence electrons. The average molecular weight is 215 g/mol. The van der Waals surface area contributed by atoms with Crippen LogP contribution in [-0.2, 0) is 20.3 Å². The van der Waals surface area contributed by atoms with Crippen LogP contribution in [0.1, 0.15) is 11.7 Å². The van der Waals surface area contributed by atoms with Crippen LogP contribution < -0.4 is 5.73 Å². The second-order valence-corrected chi connectivity index (χ2v) is 2.96. The third kappa shape index (κ3) is 2.87. The topological polar surface area (TPSA) is 105 Å². The number of nitrogens with two attached hydrogens (primary N) is 1. The largest absolute Gasteiger partial charge is 0.750 e. The van der Waals surface area contributed by atoms with Crippen molar-refractivity contribution in [1.82, 2.24) is 4.98 Å². The first kappa shape index (κ1) is 10.8. The summed E-state index contributed by atoms with van der Waals surface area (Å²) in [5.74, 6) is -0.875. The summed E-state index contributed by atoms with van der Waals surface area (Å²) in [6.45, 7) is 0. The number of nitrogens with zero attached hydrogens (tertiary/aromatic N) is 1. The number of aromatic nitrogens is 1. The molecular weight excluding hydrogens is 208 g/mol. The Hall–Kier alpha value is -1.31. The van der Waals surface area contributed by atoms with E-state index in [1.165, 1.54) is 24.5 Å². The van der Waals surface area contributed by atoms with E-state index >= 15 is 0 Å². The summed E-state index contributed by atoms with van der Waals surface area (Å²) in [6.07, 6.45) is 1.52. The fraction of sp³-hybridized carbons (Fsp3) is 0.143. The standard InChI is InChI=1S/C7H8N2O4S/c8-7(10)6(13-14(11)12)5-1-3-9-4-2-5/h1-4,6H,(H2,8,10)(H,11,12)/p-1. The molecule has 1 rings (SSSR count). The summed E-state index contributed by atoms with van der Waals surface area (Å²) in [5, 5.41) is 0. The van der Waals surface area contributed by atoms with Crippen LogP contribution >= 0.6 is 0 Å². The van der Waals surface area contributed by atoms with E-state index in [2.05, 4.69) is 9.17 Å². The summed E-state index contributed by atoms with van der Waals surface area (Å²) >= 11 is -2.79. The van der Waals surface area contributed by atoms with Crippen LogP contribution in [0.4, 0.5) is 0 Å². The van der Waals surface area contributed by atoms with E-state index in [4.69, 9.17) is 5.73 Å². The second-order valence-electron chi connectivity index (χ2n) is 2.36. The van der Waals surface area contributed by atoms with Gasteiger partial charge in [0.2, 0.25) is 0 Å². The SMILES string of the molecule is NC(=O)C(OS(=O)[O-])c1ccncc1. The van der Waals surface area contributed by atoms with Gasteiger partial charge in [0, 0.05) is 12.4 Å². The average Bonchev–Trinajstić information content (AvgIpc) is 2.15. The molecule has 0 fully saturated rings. The predicted molar refractivity (Wildman–Crippen MR) is 46.2 cm³/mol. The van der Waals surface area contributed by atoms with Crippen molar-refractivity contribution in [3.63, 3.8) is 0 Å². The molecule has 1 aromatic rings. The molecule has 0 saturated carbocycles. The first-order valence-corrected chi connectivity index (χ1v) is 4.57. The van der Waals surface area contributed by atoms with Crippen LogP contribution in [0.3, 0.4) is 0 Å². The highest BCUT2D eigenvalue weighted by Gasteiger charge is 2.18. The van der Waals surface area contributed by atoms with Crippen LogP contribution in [0, 0.1) is 0 Å². The third-order valence-electron chi connectivity index (χ3n) is 1.44. The molecule has 0 spiro atoms. The van der Waals surface area contributed by atoms with Gasteiger partial charge >= 0.3 is 0 Å². The second kappa shape index (κ2) is 4.80. The maximum atomic E-state index is 10.8. The molecular formula is C7H7N2O4S-. The lowest BCUT2D eigenvalue weighted by Crippen LogP contribution is -2.24. The van der Waals surface area contributed by atoms with Crippen LogP contribution in [0.25, 0.3) is 0 Å². The molecule has 6 nitrogen and oxygen atoms in total. The van der Waals surface area contributed by atoms with E-state index in [-0.39, 0.29) is 0 Å². The lowest BCUT2D eigenvalue weighted by atomic mass is 10.1. The Balaban J connectivity index is 2.89. The van der Waals surface area contributed by atoms with Gasteiger partial charge in [-0.05, 0) is 17.7 Å². The van der Waals surface area contributed by atoms with Crippen molar-refractivity contribution in [2.75, 3.05) is 0 Å². The van der Waals surface area contributed by atoms with Gasteiger partial charge in [-0.15, -0.1) is 0 Å². The number of primary amides is 1. The zero-order valence-corrected chi connectivity index (χ0v) is 7.77. The minimum absolute atomic E-state index is 0.344. The predicted octanol–water partition coefficient (Wildman–Crippen LogP) is -0.581. The molecule has 0 saturated heterocycles. The summed E-state index contributed by atoms with van der Waals surface area (Å²) < 4.78 is 24.8. The maximum absolute atomic E-state index is 10.8. The van der Waals surface area contributed by atoms with Gasteiger partial charge in [0.15, 0.2) is 6.10 Å². The highest BCUT2D eigenvalue weighted by atomic mass is 32.2. The molecule has 1 aromatic heterocycles.